The van der Waals surface area contributed by atoms with Crippen LogP contribution in [0.5, 0.6) is 0 Å². The van der Waals surface area contributed by atoms with Crippen LogP contribution in [0, 0.1) is 0 Å². The third-order valence-corrected chi connectivity index (χ3v) is 4.19. The Morgan fingerprint density at radius 2 is 1.65 bits per heavy atom. The largest absolute Gasteiger partial charge is 0.481 e. The molecule has 0 radical (unpaired) electrons. The highest BCUT2D eigenvalue weighted by Crippen LogP contribution is 2.29. The van der Waals surface area contributed by atoms with Gasteiger partial charge in [-0.05, 0) is 58.4 Å². The number of hydrogen-bond acceptors (Lipinski definition) is 3. The van der Waals surface area contributed by atoms with Crippen molar-refractivity contribution in [3.63, 3.8) is 0 Å². The fourth-order valence-electron chi connectivity index (χ4n) is 2.73. The van der Waals surface area contributed by atoms with Crippen molar-refractivity contribution in [3.8, 4) is 0 Å². The van der Waals surface area contributed by atoms with E-state index in [0.717, 1.165) is 0 Å². The highest BCUT2D eigenvalue weighted by molar-refractivity contribution is 5.96. The second-order valence-electron chi connectivity index (χ2n) is 7.92. The molecule has 1 amide bonds. The summed E-state index contributed by atoms with van der Waals surface area (Å²) in [5.41, 5.74) is -0.428. The Hall–Kier alpha value is -2.83. The molecule has 3 N–H and O–H groups in total. The number of aromatic carboxylic acids is 1. The fraction of sp³-hybridized carbons (Fsp3) is 0.421. The second-order valence-corrected chi connectivity index (χ2v) is 7.92. The lowest BCUT2D eigenvalue weighted by Crippen LogP contribution is -2.42. The SMILES string of the molecule is CC(C)(C)NC(=O)Cn1c(C(=O)O)cc2cc(C(C)(C)C(=O)O)ccc21. The number of carbonyl (C=O) groups excluding carboxylic acids is 1. The molecule has 26 heavy (non-hydrogen) atoms. The van der Waals surface area contributed by atoms with Crippen LogP contribution in [-0.2, 0) is 21.5 Å². The van der Waals surface area contributed by atoms with Gasteiger partial charge in [0.05, 0.1) is 5.41 Å². The van der Waals surface area contributed by atoms with Crippen molar-refractivity contribution in [2.24, 2.45) is 0 Å². The maximum atomic E-state index is 12.3. The van der Waals surface area contributed by atoms with Gasteiger partial charge in [0.25, 0.3) is 0 Å². The number of carbonyl (C=O) groups is 3. The van der Waals surface area contributed by atoms with Crippen LogP contribution in [-0.4, -0.2) is 38.2 Å². The van der Waals surface area contributed by atoms with Gasteiger partial charge in [-0.25, -0.2) is 4.79 Å². The third-order valence-electron chi connectivity index (χ3n) is 4.19. The Morgan fingerprint density at radius 3 is 2.15 bits per heavy atom. The lowest BCUT2D eigenvalue weighted by molar-refractivity contribution is -0.142. The van der Waals surface area contributed by atoms with Crippen LogP contribution in [0.15, 0.2) is 24.3 Å². The fourth-order valence-corrected chi connectivity index (χ4v) is 2.73. The summed E-state index contributed by atoms with van der Waals surface area (Å²) in [4.78, 5) is 35.3. The van der Waals surface area contributed by atoms with Crippen molar-refractivity contribution >= 4 is 28.7 Å². The molecule has 0 atom stereocenters. The first-order valence-corrected chi connectivity index (χ1v) is 8.24. The summed E-state index contributed by atoms with van der Waals surface area (Å²) >= 11 is 0. The van der Waals surface area contributed by atoms with E-state index in [0.29, 0.717) is 16.5 Å². The van der Waals surface area contributed by atoms with Crippen LogP contribution < -0.4 is 5.32 Å². The molecule has 1 aromatic carbocycles. The molecule has 0 aliphatic rings. The second kappa shape index (κ2) is 6.48. The summed E-state index contributed by atoms with van der Waals surface area (Å²) in [6.07, 6.45) is 0. The minimum Gasteiger partial charge on any atom is -0.481 e. The minimum atomic E-state index is -1.15. The Kier molecular flexibility index (Phi) is 4.86. The molecule has 0 fully saturated rings. The van der Waals surface area contributed by atoms with E-state index in [1.807, 2.05) is 20.8 Å². The molecule has 2 aromatic rings. The van der Waals surface area contributed by atoms with E-state index in [4.69, 9.17) is 0 Å². The molecular weight excluding hydrogens is 336 g/mol. The maximum Gasteiger partial charge on any atom is 0.352 e. The molecule has 0 saturated heterocycles. The Balaban J connectivity index is 2.53. The summed E-state index contributed by atoms with van der Waals surface area (Å²) in [5.74, 6) is -2.42. The smallest absolute Gasteiger partial charge is 0.352 e. The Labute approximate surface area is 151 Å². The third kappa shape index (κ3) is 3.87. The first-order chi connectivity index (χ1) is 11.8. The van der Waals surface area contributed by atoms with Crippen LogP contribution >= 0.6 is 0 Å². The first kappa shape index (κ1) is 19.5. The van der Waals surface area contributed by atoms with Crippen molar-refractivity contribution in [1.82, 2.24) is 9.88 Å². The lowest BCUT2D eigenvalue weighted by atomic mass is 9.84. The molecule has 7 nitrogen and oxygen atoms in total. The molecule has 0 unspecified atom stereocenters. The molecule has 0 aliphatic heterocycles. The number of amides is 1. The normalized spacial score (nSPS) is 12.2. The van der Waals surface area contributed by atoms with Gasteiger partial charge < -0.3 is 20.1 Å². The molecule has 1 aromatic heterocycles. The number of carboxylic acids is 2. The highest BCUT2D eigenvalue weighted by atomic mass is 16.4. The van der Waals surface area contributed by atoms with E-state index < -0.39 is 22.9 Å². The molecule has 2 rings (SSSR count). The van der Waals surface area contributed by atoms with Crippen molar-refractivity contribution in [2.75, 3.05) is 0 Å². The summed E-state index contributed by atoms with van der Waals surface area (Å²) in [6.45, 7) is 8.57. The highest BCUT2D eigenvalue weighted by Gasteiger charge is 2.30. The van der Waals surface area contributed by atoms with Crippen molar-refractivity contribution in [1.29, 1.82) is 0 Å². The number of nitrogens with zero attached hydrogens (tertiary/aromatic N) is 1. The molecule has 0 saturated carbocycles. The van der Waals surface area contributed by atoms with E-state index in [2.05, 4.69) is 5.32 Å². The Morgan fingerprint density at radius 1 is 1.04 bits per heavy atom. The van der Waals surface area contributed by atoms with E-state index in [-0.39, 0.29) is 18.1 Å². The van der Waals surface area contributed by atoms with Gasteiger partial charge in [0.15, 0.2) is 0 Å². The lowest BCUT2D eigenvalue weighted by Gasteiger charge is -2.21. The number of aromatic nitrogens is 1. The zero-order chi connectivity index (χ0) is 19.9. The van der Waals surface area contributed by atoms with Crippen LogP contribution in [0.2, 0.25) is 0 Å². The van der Waals surface area contributed by atoms with Gasteiger partial charge in [-0.2, -0.15) is 0 Å². The van der Waals surface area contributed by atoms with Crippen molar-refractivity contribution in [2.45, 2.75) is 52.1 Å². The number of rotatable bonds is 5. The van der Waals surface area contributed by atoms with Crippen molar-refractivity contribution < 1.29 is 24.6 Å². The topological polar surface area (TPSA) is 109 Å². The Bertz CT molecular complexity index is 887. The average molecular weight is 360 g/mol. The van der Waals surface area contributed by atoms with Gasteiger partial charge in [-0.1, -0.05) is 6.07 Å². The van der Waals surface area contributed by atoms with Crippen molar-refractivity contribution in [3.05, 3.63) is 35.5 Å². The number of fused-ring (bicyclic) bond motifs is 1. The van der Waals surface area contributed by atoms with Crippen LogP contribution in [0.25, 0.3) is 10.9 Å². The number of nitrogens with one attached hydrogen (secondary N) is 1. The average Bonchev–Trinajstić information content (AvgIpc) is 2.83. The van der Waals surface area contributed by atoms with Crippen LogP contribution in [0.3, 0.4) is 0 Å². The van der Waals surface area contributed by atoms with Crippen LogP contribution in [0.4, 0.5) is 0 Å². The van der Waals surface area contributed by atoms with Gasteiger partial charge >= 0.3 is 11.9 Å². The predicted octanol–water partition coefficient (Wildman–Crippen LogP) is 2.62. The quantitative estimate of drug-likeness (QED) is 0.759. The minimum absolute atomic E-state index is 0.0191. The van der Waals surface area contributed by atoms with Gasteiger partial charge in [0.1, 0.15) is 12.2 Å². The molecule has 7 heteroatoms. The summed E-state index contributed by atoms with van der Waals surface area (Å²) in [7, 11) is 0. The molecule has 0 aliphatic carbocycles. The molecule has 0 spiro atoms. The molecule has 1 heterocycles. The zero-order valence-corrected chi connectivity index (χ0v) is 15.6. The van der Waals surface area contributed by atoms with E-state index >= 15 is 0 Å². The number of benzene rings is 1. The van der Waals surface area contributed by atoms with E-state index in [1.54, 1.807) is 32.0 Å². The van der Waals surface area contributed by atoms with E-state index in [9.17, 15) is 24.6 Å². The number of aliphatic carboxylic acids is 1. The van der Waals surface area contributed by atoms with Gasteiger partial charge in [-0.3, -0.25) is 9.59 Å². The number of carboxylic acid groups (broad SMARTS) is 2. The monoisotopic (exact) mass is 360 g/mol. The molecule has 0 bridgehead atoms. The molecular formula is C19H24N2O5. The van der Waals surface area contributed by atoms with Gasteiger partial charge in [0.2, 0.25) is 5.91 Å². The summed E-state index contributed by atoms with van der Waals surface area (Å²) in [6, 6.07) is 6.43. The standard InChI is InChI=1S/C19H24N2O5/c1-18(2,3)20-15(22)10-21-13-7-6-12(19(4,5)17(25)26)8-11(13)9-14(21)16(23)24/h6-9H,10H2,1-5H3,(H,20,22)(H,23,24)(H,25,26). The summed E-state index contributed by atoms with van der Waals surface area (Å²) < 4.78 is 1.43. The number of hydrogen-bond donors (Lipinski definition) is 3. The summed E-state index contributed by atoms with van der Waals surface area (Å²) in [5, 5.41) is 22.3. The van der Waals surface area contributed by atoms with E-state index in [1.165, 1.54) is 10.6 Å². The van der Waals surface area contributed by atoms with Crippen LogP contribution in [0.1, 0.15) is 50.7 Å². The maximum absolute atomic E-state index is 12.3. The van der Waals surface area contributed by atoms with Gasteiger partial charge in [0, 0.05) is 16.4 Å². The predicted molar refractivity (Wildman–Crippen MR) is 97.5 cm³/mol. The zero-order valence-electron chi connectivity index (χ0n) is 15.6. The first-order valence-electron chi connectivity index (χ1n) is 8.24. The van der Waals surface area contributed by atoms with Gasteiger partial charge in [-0.15, -0.1) is 0 Å². The molecule has 140 valence electrons.